The van der Waals surface area contributed by atoms with E-state index in [4.69, 9.17) is 0 Å². The highest BCUT2D eigenvalue weighted by Crippen LogP contribution is 2.22. The van der Waals surface area contributed by atoms with Gasteiger partial charge in [-0.15, -0.1) is 0 Å². The maximum absolute atomic E-state index is 12.7. The first kappa shape index (κ1) is 23.3. The lowest BCUT2D eigenvalue weighted by Gasteiger charge is -2.34. The van der Waals surface area contributed by atoms with Crippen LogP contribution in [0.25, 0.3) is 0 Å². The topological polar surface area (TPSA) is 52.1 Å². The molecule has 29 heavy (non-hydrogen) atoms. The summed E-state index contributed by atoms with van der Waals surface area (Å²) in [7, 11) is 2.16. The third-order valence-corrected chi connectivity index (χ3v) is 4.97. The first-order valence-corrected chi connectivity index (χ1v) is 10.3. The summed E-state index contributed by atoms with van der Waals surface area (Å²) in [4.78, 5) is 9.42. The van der Waals surface area contributed by atoms with Crippen molar-refractivity contribution in [2.75, 3.05) is 52.9 Å². The normalized spacial score (nSPS) is 17.4. The number of piperazine rings is 1. The molecule has 0 spiro atoms. The lowest BCUT2D eigenvalue weighted by molar-refractivity contribution is -0.0504. The largest absolute Gasteiger partial charge is 0.434 e. The van der Waals surface area contributed by atoms with Crippen LogP contribution in [-0.4, -0.2) is 75.2 Å². The Morgan fingerprint density at radius 3 is 2.59 bits per heavy atom. The fraction of sp³-hybridized carbons (Fsp3) is 0.667. The molecular formula is C21H35F2N5O. The Hall–Kier alpha value is -1.93. The highest BCUT2D eigenvalue weighted by molar-refractivity contribution is 5.79. The number of rotatable bonds is 9. The molecule has 1 saturated heterocycles. The predicted octanol–water partition coefficient (Wildman–Crippen LogP) is 2.54. The van der Waals surface area contributed by atoms with Crippen LogP contribution < -0.4 is 15.4 Å². The SMILES string of the molecule is CCNC(=NCc1cc(C)ccc1OC(F)F)NCC(C)CN1CCN(C)CC1. The number of aryl methyl sites for hydroxylation is 1. The molecule has 0 radical (unpaired) electrons. The van der Waals surface area contributed by atoms with Crippen molar-refractivity contribution in [2.45, 2.75) is 33.9 Å². The molecule has 1 atom stereocenters. The zero-order valence-corrected chi connectivity index (χ0v) is 18.0. The second-order valence-electron chi connectivity index (χ2n) is 7.77. The molecule has 1 heterocycles. The van der Waals surface area contributed by atoms with E-state index in [1.54, 1.807) is 12.1 Å². The number of hydrogen-bond donors (Lipinski definition) is 2. The van der Waals surface area contributed by atoms with Gasteiger partial charge < -0.3 is 25.2 Å². The third kappa shape index (κ3) is 8.53. The summed E-state index contributed by atoms with van der Waals surface area (Å²) in [5.74, 6) is 1.33. The standard InChI is InChI=1S/C21H35F2N5O/c1-5-24-21(25-13-17(3)15-28-10-8-27(4)9-11-28)26-14-18-12-16(2)6-7-19(18)29-20(22)23/h6-7,12,17,20H,5,8-11,13-15H2,1-4H3,(H2,24,25,26). The number of ether oxygens (including phenoxy) is 1. The van der Waals surface area contributed by atoms with Gasteiger partial charge in [-0.1, -0.05) is 24.6 Å². The average molecular weight is 412 g/mol. The zero-order chi connectivity index (χ0) is 21.2. The number of guanidine groups is 1. The monoisotopic (exact) mass is 411 g/mol. The summed E-state index contributed by atoms with van der Waals surface area (Å²) in [6, 6.07) is 5.17. The van der Waals surface area contributed by atoms with Gasteiger partial charge in [0.2, 0.25) is 0 Å². The average Bonchev–Trinajstić information content (AvgIpc) is 2.67. The molecule has 1 aliphatic rings. The molecule has 1 aromatic carbocycles. The van der Waals surface area contributed by atoms with Crippen LogP contribution in [0.4, 0.5) is 8.78 Å². The van der Waals surface area contributed by atoms with Crippen molar-refractivity contribution in [3.8, 4) is 5.75 Å². The van der Waals surface area contributed by atoms with E-state index in [2.05, 4.69) is 44.1 Å². The lowest BCUT2D eigenvalue weighted by atomic mass is 10.1. The van der Waals surface area contributed by atoms with Gasteiger partial charge in [-0.05, 0) is 32.9 Å². The van der Waals surface area contributed by atoms with E-state index in [0.29, 0.717) is 17.4 Å². The van der Waals surface area contributed by atoms with Gasteiger partial charge in [-0.25, -0.2) is 4.99 Å². The first-order chi connectivity index (χ1) is 13.9. The first-order valence-electron chi connectivity index (χ1n) is 10.3. The molecule has 1 unspecified atom stereocenters. The van der Waals surface area contributed by atoms with Gasteiger partial charge in [-0.2, -0.15) is 8.78 Å². The number of alkyl halides is 2. The maximum atomic E-state index is 12.7. The second-order valence-corrected chi connectivity index (χ2v) is 7.77. The van der Waals surface area contributed by atoms with E-state index < -0.39 is 6.61 Å². The number of benzene rings is 1. The summed E-state index contributed by atoms with van der Waals surface area (Å²) in [5.41, 5.74) is 1.63. The number of nitrogens with one attached hydrogen (secondary N) is 2. The lowest BCUT2D eigenvalue weighted by Crippen LogP contribution is -2.47. The third-order valence-electron chi connectivity index (χ3n) is 4.97. The van der Waals surface area contributed by atoms with E-state index in [1.807, 2.05) is 19.9 Å². The highest BCUT2D eigenvalue weighted by Gasteiger charge is 2.16. The Balaban J connectivity index is 1.91. The van der Waals surface area contributed by atoms with Crippen molar-refractivity contribution in [2.24, 2.45) is 10.9 Å². The van der Waals surface area contributed by atoms with Gasteiger partial charge in [0, 0.05) is 51.4 Å². The summed E-state index contributed by atoms with van der Waals surface area (Å²) < 4.78 is 29.9. The van der Waals surface area contributed by atoms with Crippen molar-refractivity contribution in [3.05, 3.63) is 29.3 Å². The summed E-state index contributed by atoms with van der Waals surface area (Å²) in [6.45, 7) is 10.6. The summed E-state index contributed by atoms with van der Waals surface area (Å²) >= 11 is 0. The number of nitrogens with zero attached hydrogens (tertiary/aromatic N) is 3. The molecule has 0 aliphatic carbocycles. The molecule has 2 N–H and O–H groups in total. The molecule has 8 heteroatoms. The maximum Gasteiger partial charge on any atom is 0.387 e. The van der Waals surface area contributed by atoms with E-state index in [1.165, 1.54) is 0 Å². The van der Waals surface area contributed by atoms with Crippen LogP contribution in [0.5, 0.6) is 5.75 Å². The van der Waals surface area contributed by atoms with E-state index >= 15 is 0 Å². The minimum atomic E-state index is -2.85. The van der Waals surface area contributed by atoms with Gasteiger partial charge >= 0.3 is 6.61 Å². The molecule has 1 aliphatic heterocycles. The van der Waals surface area contributed by atoms with Crippen LogP contribution in [0.3, 0.4) is 0 Å². The van der Waals surface area contributed by atoms with E-state index in [-0.39, 0.29) is 12.3 Å². The van der Waals surface area contributed by atoms with Crippen LogP contribution in [-0.2, 0) is 6.54 Å². The number of aliphatic imine (C=N–C) groups is 1. The van der Waals surface area contributed by atoms with Gasteiger partial charge in [0.25, 0.3) is 0 Å². The van der Waals surface area contributed by atoms with Crippen molar-refractivity contribution in [3.63, 3.8) is 0 Å². The number of hydrogen-bond acceptors (Lipinski definition) is 4. The minimum absolute atomic E-state index is 0.175. The van der Waals surface area contributed by atoms with Crippen LogP contribution in [0, 0.1) is 12.8 Å². The van der Waals surface area contributed by atoms with Gasteiger partial charge in [0.15, 0.2) is 5.96 Å². The molecule has 1 aromatic rings. The number of halogens is 2. The van der Waals surface area contributed by atoms with Crippen molar-refractivity contribution in [1.82, 2.24) is 20.4 Å². The molecule has 0 saturated carbocycles. The highest BCUT2D eigenvalue weighted by atomic mass is 19.3. The van der Waals surface area contributed by atoms with Crippen LogP contribution >= 0.6 is 0 Å². The summed E-state index contributed by atoms with van der Waals surface area (Å²) in [5, 5.41) is 6.60. The molecule has 164 valence electrons. The quantitative estimate of drug-likeness (QED) is 0.483. The van der Waals surface area contributed by atoms with Crippen molar-refractivity contribution in [1.29, 1.82) is 0 Å². The predicted molar refractivity (Wildman–Crippen MR) is 114 cm³/mol. The van der Waals surface area contributed by atoms with E-state index in [0.717, 1.165) is 51.4 Å². The Bertz CT molecular complexity index is 648. The van der Waals surface area contributed by atoms with Crippen LogP contribution in [0.1, 0.15) is 25.0 Å². The van der Waals surface area contributed by atoms with Crippen LogP contribution in [0.2, 0.25) is 0 Å². The molecular weight excluding hydrogens is 376 g/mol. The Morgan fingerprint density at radius 2 is 1.93 bits per heavy atom. The Kier molecular flexibility index (Phi) is 9.60. The van der Waals surface area contributed by atoms with Crippen LogP contribution in [0.15, 0.2) is 23.2 Å². The fourth-order valence-electron chi connectivity index (χ4n) is 3.36. The van der Waals surface area contributed by atoms with Crippen molar-refractivity contribution < 1.29 is 13.5 Å². The second kappa shape index (κ2) is 11.9. The molecule has 1 fully saturated rings. The Labute approximate surface area is 173 Å². The van der Waals surface area contributed by atoms with E-state index in [9.17, 15) is 8.78 Å². The number of likely N-dealkylation sites (N-methyl/N-ethyl adjacent to an activating group) is 1. The van der Waals surface area contributed by atoms with Gasteiger partial charge in [0.05, 0.1) is 6.54 Å². The smallest absolute Gasteiger partial charge is 0.387 e. The summed E-state index contributed by atoms with van der Waals surface area (Å²) in [6.07, 6.45) is 0. The minimum Gasteiger partial charge on any atom is -0.434 e. The molecule has 0 aromatic heterocycles. The zero-order valence-electron chi connectivity index (χ0n) is 18.0. The van der Waals surface area contributed by atoms with Crippen molar-refractivity contribution >= 4 is 5.96 Å². The Morgan fingerprint density at radius 1 is 1.21 bits per heavy atom. The molecule has 2 rings (SSSR count). The fourth-order valence-corrected chi connectivity index (χ4v) is 3.36. The molecule has 0 amide bonds. The molecule has 6 nitrogen and oxygen atoms in total. The van der Waals surface area contributed by atoms with Gasteiger partial charge in [0.1, 0.15) is 5.75 Å². The van der Waals surface area contributed by atoms with Gasteiger partial charge in [-0.3, -0.25) is 0 Å². The molecule has 0 bridgehead atoms.